The number of unbranched alkanes of at least 4 members (excludes halogenated alkanes) is 1. The number of rotatable bonds is 4. The van der Waals surface area contributed by atoms with Crippen LogP contribution in [0.15, 0.2) is 5.38 Å². The van der Waals surface area contributed by atoms with E-state index in [-0.39, 0.29) is 0 Å². The Morgan fingerprint density at radius 3 is 3.00 bits per heavy atom. The van der Waals surface area contributed by atoms with Gasteiger partial charge in [0.2, 0.25) is 0 Å². The molecule has 1 fully saturated rings. The van der Waals surface area contributed by atoms with E-state index < -0.39 is 0 Å². The Labute approximate surface area is 107 Å². The summed E-state index contributed by atoms with van der Waals surface area (Å²) >= 11 is 1.76. The molecule has 0 aliphatic carbocycles. The summed E-state index contributed by atoms with van der Waals surface area (Å²) in [7, 11) is 2.19. The summed E-state index contributed by atoms with van der Waals surface area (Å²) in [6, 6.07) is 2.18. The Kier molecular flexibility index (Phi) is 4.52. The summed E-state index contributed by atoms with van der Waals surface area (Å²) in [5.74, 6) is 0.659. The van der Waals surface area contributed by atoms with Crippen molar-refractivity contribution in [3.05, 3.63) is 16.1 Å². The first-order chi connectivity index (χ1) is 8.29. The van der Waals surface area contributed by atoms with E-state index in [1.807, 2.05) is 0 Å². The molecule has 4 heteroatoms. The van der Waals surface area contributed by atoms with E-state index in [0.29, 0.717) is 12.3 Å². The fraction of sp³-hybridized carbons (Fsp3) is 0.692. The topological polar surface area (TPSA) is 39.9 Å². The molecule has 1 aromatic rings. The highest BCUT2D eigenvalue weighted by Gasteiger charge is 2.20. The molecule has 3 nitrogen and oxygen atoms in total. The Morgan fingerprint density at radius 2 is 2.29 bits per heavy atom. The van der Waals surface area contributed by atoms with Crippen molar-refractivity contribution in [2.75, 3.05) is 20.1 Å². The van der Waals surface area contributed by atoms with Gasteiger partial charge in [0.15, 0.2) is 0 Å². The highest BCUT2D eigenvalue weighted by Crippen LogP contribution is 2.28. The lowest BCUT2D eigenvalue weighted by Gasteiger charge is -2.27. The summed E-state index contributed by atoms with van der Waals surface area (Å²) in [6.45, 7) is 2.37. The number of likely N-dealkylation sites (tertiary alicyclic amines) is 1. The maximum Gasteiger partial charge on any atom is 0.0928 e. The maximum absolute atomic E-state index is 8.51. The van der Waals surface area contributed by atoms with Crippen LogP contribution in [0.4, 0.5) is 0 Å². The zero-order valence-electron chi connectivity index (χ0n) is 10.4. The van der Waals surface area contributed by atoms with Gasteiger partial charge in [-0.05, 0) is 39.4 Å². The maximum atomic E-state index is 8.51. The number of aromatic nitrogens is 1. The van der Waals surface area contributed by atoms with E-state index in [0.717, 1.165) is 12.8 Å². The molecular formula is C13H19N3S. The van der Waals surface area contributed by atoms with Gasteiger partial charge in [0.1, 0.15) is 0 Å². The number of hydrogen-bond donors (Lipinski definition) is 0. The molecule has 0 aromatic carbocycles. The SMILES string of the molecule is CN1CCC(c2csc(CCCC#N)n2)CC1. The second-order valence-electron chi connectivity index (χ2n) is 4.76. The minimum absolute atomic E-state index is 0.642. The predicted molar refractivity (Wildman–Crippen MR) is 70.1 cm³/mol. The quantitative estimate of drug-likeness (QED) is 0.770. The van der Waals surface area contributed by atoms with E-state index >= 15 is 0 Å². The number of nitriles is 1. The molecule has 0 amide bonds. The molecule has 0 radical (unpaired) electrons. The molecular weight excluding hydrogens is 230 g/mol. The Balaban J connectivity index is 1.87. The van der Waals surface area contributed by atoms with Crippen molar-refractivity contribution in [2.24, 2.45) is 0 Å². The molecule has 1 aliphatic heterocycles. The Bertz CT molecular complexity index is 386. The first-order valence-corrected chi connectivity index (χ1v) is 7.17. The van der Waals surface area contributed by atoms with Gasteiger partial charge < -0.3 is 4.90 Å². The largest absolute Gasteiger partial charge is 0.306 e. The average molecular weight is 249 g/mol. The summed E-state index contributed by atoms with van der Waals surface area (Å²) in [5.41, 5.74) is 1.29. The fourth-order valence-corrected chi connectivity index (χ4v) is 3.17. The van der Waals surface area contributed by atoms with Crippen LogP contribution >= 0.6 is 11.3 Å². The van der Waals surface area contributed by atoms with Crippen molar-refractivity contribution in [3.63, 3.8) is 0 Å². The smallest absolute Gasteiger partial charge is 0.0928 e. The third-order valence-electron chi connectivity index (χ3n) is 3.39. The second kappa shape index (κ2) is 6.13. The standard InChI is InChI=1S/C13H19N3S/c1-16-8-5-11(6-9-16)12-10-17-13(15-12)4-2-3-7-14/h10-11H,2-6,8-9H2,1H3. The van der Waals surface area contributed by atoms with Gasteiger partial charge in [-0.3, -0.25) is 0 Å². The lowest BCUT2D eigenvalue weighted by Crippen LogP contribution is -2.29. The molecule has 17 heavy (non-hydrogen) atoms. The molecule has 1 aliphatic rings. The van der Waals surface area contributed by atoms with Gasteiger partial charge in [-0.2, -0.15) is 5.26 Å². The van der Waals surface area contributed by atoms with E-state index in [1.165, 1.54) is 36.6 Å². The van der Waals surface area contributed by atoms with Crippen LogP contribution in [-0.4, -0.2) is 30.0 Å². The van der Waals surface area contributed by atoms with Crippen LogP contribution in [0.2, 0.25) is 0 Å². The third kappa shape index (κ3) is 3.52. The fourth-order valence-electron chi connectivity index (χ4n) is 2.25. The lowest BCUT2D eigenvalue weighted by molar-refractivity contribution is 0.253. The second-order valence-corrected chi connectivity index (χ2v) is 5.70. The molecule has 92 valence electrons. The minimum atomic E-state index is 0.642. The van der Waals surface area contributed by atoms with Crippen LogP contribution in [0.3, 0.4) is 0 Å². The monoisotopic (exact) mass is 249 g/mol. The summed E-state index contributed by atoms with van der Waals surface area (Å²) < 4.78 is 0. The van der Waals surface area contributed by atoms with Crippen LogP contribution in [0, 0.1) is 11.3 Å². The van der Waals surface area contributed by atoms with Crippen molar-refractivity contribution in [3.8, 4) is 6.07 Å². The average Bonchev–Trinajstić information content (AvgIpc) is 2.79. The van der Waals surface area contributed by atoms with Crippen molar-refractivity contribution >= 4 is 11.3 Å². The molecule has 2 heterocycles. The van der Waals surface area contributed by atoms with Crippen LogP contribution in [-0.2, 0) is 6.42 Å². The molecule has 1 saturated heterocycles. The van der Waals surface area contributed by atoms with Crippen molar-refractivity contribution in [1.82, 2.24) is 9.88 Å². The van der Waals surface area contributed by atoms with Gasteiger partial charge in [0.05, 0.1) is 16.8 Å². The molecule has 2 rings (SSSR count). The van der Waals surface area contributed by atoms with Crippen LogP contribution in [0.25, 0.3) is 0 Å². The van der Waals surface area contributed by atoms with E-state index in [9.17, 15) is 0 Å². The molecule has 0 spiro atoms. The molecule has 1 aromatic heterocycles. The van der Waals surface area contributed by atoms with E-state index in [4.69, 9.17) is 10.2 Å². The number of aryl methyl sites for hydroxylation is 1. The van der Waals surface area contributed by atoms with Crippen LogP contribution < -0.4 is 0 Å². The van der Waals surface area contributed by atoms with Crippen LogP contribution in [0.1, 0.15) is 42.3 Å². The molecule has 0 bridgehead atoms. The van der Waals surface area contributed by atoms with Crippen molar-refractivity contribution < 1.29 is 0 Å². The summed E-state index contributed by atoms with van der Waals surface area (Å²) in [6.07, 6.45) is 5.01. The number of nitrogens with zero attached hydrogens (tertiary/aromatic N) is 3. The molecule has 0 saturated carbocycles. The van der Waals surface area contributed by atoms with Gasteiger partial charge in [0, 0.05) is 24.1 Å². The first kappa shape index (κ1) is 12.5. The third-order valence-corrected chi connectivity index (χ3v) is 4.31. The van der Waals surface area contributed by atoms with E-state index in [1.54, 1.807) is 11.3 Å². The normalized spacial score (nSPS) is 18.1. The summed E-state index contributed by atoms with van der Waals surface area (Å²) in [5, 5.41) is 11.9. The number of hydrogen-bond acceptors (Lipinski definition) is 4. The zero-order valence-corrected chi connectivity index (χ0v) is 11.2. The molecule has 0 N–H and O–H groups in total. The van der Waals surface area contributed by atoms with Gasteiger partial charge in [-0.15, -0.1) is 11.3 Å². The Hall–Kier alpha value is -0.920. The van der Waals surface area contributed by atoms with Gasteiger partial charge in [-0.25, -0.2) is 4.98 Å². The molecule has 0 atom stereocenters. The Morgan fingerprint density at radius 1 is 1.53 bits per heavy atom. The van der Waals surface area contributed by atoms with Gasteiger partial charge >= 0.3 is 0 Å². The zero-order chi connectivity index (χ0) is 12.1. The lowest BCUT2D eigenvalue weighted by atomic mass is 9.95. The van der Waals surface area contributed by atoms with E-state index in [2.05, 4.69) is 23.4 Å². The number of thiazole rings is 1. The van der Waals surface area contributed by atoms with Crippen LogP contribution in [0.5, 0.6) is 0 Å². The first-order valence-electron chi connectivity index (χ1n) is 6.29. The van der Waals surface area contributed by atoms with Crippen molar-refractivity contribution in [1.29, 1.82) is 5.26 Å². The minimum Gasteiger partial charge on any atom is -0.306 e. The van der Waals surface area contributed by atoms with Gasteiger partial charge in [-0.1, -0.05) is 0 Å². The predicted octanol–water partition coefficient (Wildman–Crippen LogP) is 2.80. The molecule has 0 unspecified atom stereocenters. The van der Waals surface area contributed by atoms with Gasteiger partial charge in [0.25, 0.3) is 0 Å². The summed E-state index contributed by atoms with van der Waals surface area (Å²) in [4.78, 5) is 7.11. The highest BCUT2D eigenvalue weighted by atomic mass is 32.1. The van der Waals surface area contributed by atoms with Crippen molar-refractivity contribution in [2.45, 2.75) is 38.0 Å². The number of piperidine rings is 1. The highest BCUT2D eigenvalue weighted by molar-refractivity contribution is 7.09.